The molecule has 2 rings (SSSR count). The third-order valence-corrected chi connectivity index (χ3v) is 2.65. The number of nitrogens with two attached hydrogens (primary N) is 1. The molecule has 1 saturated heterocycles. The van der Waals surface area contributed by atoms with E-state index in [4.69, 9.17) is 10.5 Å². The van der Waals surface area contributed by atoms with Crippen molar-refractivity contribution in [2.75, 3.05) is 25.1 Å². The van der Waals surface area contributed by atoms with Gasteiger partial charge < -0.3 is 21.1 Å². The highest BCUT2D eigenvalue weighted by molar-refractivity contribution is 5.98. The molecule has 6 nitrogen and oxygen atoms in total. The molecule has 0 aromatic heterocycles. The fourth-order valence-electron chi connectivity index (χ4n) is 1.71. The maximum Gasteiger partial charge on any atom is 0.248 e. The Labute approximate surface area is 117 Å². The van der Waals surface area contributed by atoms with Gasteiger partial charge in [-0.05, 0) is 18.2 Å². The summed E-state index contributed by atoms with van der Waals surface area (Å²) in [5.74, 6) is -0.707. The maximum absolute atomic E-state index is 11.9. The Morgan fingerprint density at radius 2 is 2.21 bits per heavy atom. The molecule has 1 aromatic rings. The molecule has 0 aliphatic carbocycles. The van der Waals surface area contributed by atoms with Gasteiger partial charge in [-0.1, -0.05) is 6.07 Å². The topological polar surface area (TPSA) is 93.5 Å². The molecular weight excluding hydrogens is 270 g/mol. The predicted molar refractivity (Wildman–Crippen MR) is 73.4 cm³/mol. The molecule has 0 bridgehead atoms. The minimum atomic E-state index is -0.523. The summed E-state index contributed by atoms with van der Waals surface area (Å²) in [6.45, 7) is 1.61. The number of carbonyl (C=O) groups is 2. The minimum absolute atomic E-state index is 0. The standard InChI is InChI=1S/C12H15N3O3.ClH/c13-11(16)8-2-1-3-9(6-8)15-12(17)10-7-18-5-4-14-10;/h1-3,6,10,14H,4-5,7H2,(H2,13,16)(H,15,17);1H. The highest BCUT2D eigenvalue weighted by atomic mass is 35.5. The van der Waals surface area contributed by atoms with Crippen LogP contribution in [0.15, 0.2) is 24.3 Å². The van der Waals surface area contributed by atoms with Crippen LogP contribution in [0.5, 0.6) is 0 Å². The van der Waals surface area contributed by atoms with Crippen LogP contribution < -0.4 is 16.4 Å². The molecule has 0 saturated carbocycles. The molecular formula is C12H16ClN3O3. The molecule has 1 aliphatic heterocycles. The largest absolute Gasteiger partial charge is 0.378 e. The monoisotopic (exact) mass is 285 g/mol. The van der Waals surface area contributed by atoms with E-state index in [9.17, 15) is 9.59 Å². The average Bonchev–Trinajstić information content (AvgIpc) is 2.40. The summed E-state index contributed by atoms with van der Waals surface area (Å²) in [6, 6.07) is 6.15. The normalized spacial score (nSPS) is 18.2. The molecule has 19 heavy (non-hydrogen) atoms. The number of primary amides is 1. The highest BCUT2D eigenvalue weighted by Crippen LogP contribution is 2.11. The summed E-state index contributed by atoms with van der Waals surface area (Å²) >= 11 is 0. The first-order valence-electron chi connectivity index (χ1n) is 5.68. The zero-order valence-electron chi connectivity index (χ0n) is 10.2. The molecule has 1 aromatic carbocycles. The van der Waals surface area contributed by atoms with Crippen molar-refractivity contribution < 1.29 is 14.3 Å². The fourth-order valence-corrected chi connectivity index (χ4v) is 1.71. The number of hydrogen-bond donors (Lipinski definition) is 3. The van der Waals surface area contributed by atoms with E-state index in [1.165, 1.54) is 0 Å². The van der Waals surface area contributed by atoms with Crippen LogP contribution in [0.25, 0.3) is 0 Å². The molecule has 0 radical (unpaired) electrons. The van der Waals surface area contributed by atoms with Gasteiger partial charge in [-0.15, -0.1) is 12.4 Å². The smallest absolute Gasteiger partial charge is 0.248 e. The number of anilines is 1. The van der Waals surface area contributed by atoms with Crippen molar-refractivity contribution >= 4 is 29.9 Å². The summed E-state index contributed by atoms with van der Waals surface area (Å²) in [6.07, 6.45) is 0. The van der Waals surface area contributed by atoms with Gasteiger partial charge in [0, 0.05) is 17.8 Å². The first-order valence-corrected chi connectivity index (χ1v) is 5.68. The first-order chi connectivity index (χ1) is 8.66. The lowest BCUT2D eigenvalue weighted by atomic mass is 10.2. The van der Waals surface area contributed by atoms with Crippen molar-refractivity contribution in [1.82, 2.24) is 5.32 Å². The van der Waals surface area contributed by atoms with E-state index < -0.39 is 5.91 Å². The highest BCUT2D eigenvalue weighted by Gasteiger charge is 2.21. The number of halogens is 1. The van der Waals surface area contributed by atoms with Crippen molar-refractivity contribution in [3.05, 3.63) is 29.8 Å². The third kappa shape index (κ3) is 4.20. The van der Waals surface area contributed by atoms with E-state index >= 15 is 0 Å². The van der Waals surface area contributed by atoms with Crippen LogP contribution in [0.3, 0.4) is 0 Å². The molecule has 0 spiro atoms. The number of morpholine rings is 1. The second kappa shape index (κ2) is 7.08. The van der Waals surface area contributed by atoms with Gasteiger partial charge in [0.2, 0.25) is 11.8 Å². The van der Waals surface area contributed by atoms with E-state index in [0.717, 1.165) is 0 Å². The van der Waals surface area contributed by atoms with Crippen molar-refractivity contribution in [2.45, 2.75) is 6.04 Å². The third-order valence-electron chi connectivity index (χ3n) is 2.65. The Morgan fingerprint density at radius 1 is 1.42 bits per heavy atom. The van der Waals surface area contributed by atoms with Gasteiger partial charge in [-0.3, -0.25) is 9.59 Å². The van der Waals surface area contributed by atoms with E-state index in [2.05, 4.69) is 10.6 Å². The van der Waals surface area contributed by atoms with Crippen molar-refractivity contribution in [3.8, 4) is 0 Å². The number of amides is 2. The number of nitrogens with one attached hydrogen (secondary N) is 2. The minimum Gasteiger partial charge on any atom is -0.378 e. The lowest BCUT2D eigenvalue weighted by molar-refractivity contribution is -0.120. The van der Waals surface area contributed by atoms with E-state index in [-0.39, 0.29) is 24.4 Å². The molecule has 1 heterocycles. The second-order valence-electron chi connectivity index (χ2n) is 4.02. The van der Waals surface area contributed by atoms with Crippen LogP contribution in [-0.2, 0) is 9.53 Å². The van der Waals surface area contributed by atoms with Gasteiger partial charge in [0.05, 0.1) is 13.2 Å². The molecule has 7 heteroatoms. The van der Waals surface area contributed by atoms with Crippen molar-refractivity contribution in [3.63, 3.8) is 0 Å². The number of benzene rings is 1. The van der Waals surface area contributed by atoms with Crippen molar-refractivity contribution in [1.29, 1.82) is 0 Å². The van der Waals surface area contributed by atoms with Crippen LogP contribution in [0.4, 0.5) is 5.69 Å². The zero-order valence-corrected chi connectivity index (χ0v) is 11.0. The maximum atomic E-state index is 11.9. The molecule has 1 fully saturated rings. The number of carbonyl (C=O) groups excluding carboxylic acids is 2. The number of hydrogen-bond acceptors (Lipinski definition) is 4. The number of ether oxygens (including phenoxy) is 1. The Bertz CT molecular complexity index is 461. The van der Waals surface area contributed by atoms with Gasteiger partial charge in [-0.2, -0.15) is 0 Å². The van der Waals surface area contributed by atoms with Gasteiger partial charge in [0.15, 0.2) is 0 Å². The molecule has 1 aliphatic rings. The fraction of sp³-hybridized carbons (Fsp3) is 0.333. The summed E-state index contributed by atoms with van der Waals surface area (Å²) < 4.78 is 5.21. The second-order valence-corrected chi connectivity index (χ2v) is 4.02. The van der Waals surface area contributed by atoms with Crippen molar-refractivity contribution in [2.24, 2.45) is 5.73 Å². The van der Waals surface area contributed by atoms with Gasteiger partial charge in [0.1, 0.15) is 6.04 Å². The summed E-state index contributed by atoms with van der Waals surface area (Å²) in [5.41, 5.74) is 6.08. The molecule has 4 N–H and O–H groups in total. The summed E-state index contributed by atoms with van der Waals surface area (Å²) in [4.78, 5) is 22.9. The Morgan fingerprint density at radius 3 is 2.84 bits per heavy atom. The summed E-state index contributed by atoms with van der Waals surface area (Å²) in [5, 5.41) is 5.77. The summed E-state index contributed by atoms with van der Waals surface area (Å²) in [7, 11) is 0. The van der Waals surface area contributed by atoms with Gasteiger partial charge in [-0.25, -0.2) is 0 Å². The zero-order chi connectivity index (χ0) is 13.0. The Balaban J connectivity index is 0.00000180. The van der Waals surface area contributed by atoms with Crippen LogP contribution in [0.2, 0.25) is 0 Å². The van der Waals surface area contributed by atoms with E-state index in [0.29, 0.717) is 31.0 Å². The molecule has 1 unspecified atom stereocenters. The first kappa shape index (κ1) is 15.4. The van der Waals surface area contributed by atoms with Gasteiger partial charge >= 0.3 is 0 Å². The van der Waals surface area contributed by atoms with E-state index in [1.54, 1.807) is 24.3 Å². The quantitative estimate of drug-likeness (QED) is 0.736. The Kier molecular flexibility index (Phi) is 5.75. The SMILES string of the molecule is Cl.NC(=O)c1cccc(NC(=O)C2COCCN2)c1. The lowest BCUT2D eigenvalue weighted by Crippen LogP contribution is -2.48. The Hall–Kier alpha value is -1.63. The lowest BCUT2D eigenvalue weighted by Gasteiger charge is -2.22. The van der Waals surface area contributed by atoms with Crippen LogP contribution >= 0.6 is 12.4 Å². The predicted octanol–water partition coefficient (Wildman–Crippen LogP) is 0.134. The molecule has 104 valence electrons. The van der Waals surface area contributed by atoms with Crippen LogP contribution in [-0.4, -0.2) is 37.6 Å². The van der Waals surface area contributed by atoms with Gasteiger partial charge in [0.25, 0.3) is 0 Å². The molecule has 2 amide bonds. The van der Waals surface area contributed by atoms with Crippen LogP contribution in [0.1, 0.15) is 10.4 Å². The molecule has 1 atom stereocenters. The van der Waals surface area contributed by atoms with Crippen LogP contribution in [0, 0.1) is 0 Å². The van der Waals surface area contributed by atoms with E-state index in [1.807, 2.05) is 0 Å². The average molecular weight is 286 g/mol. The number of rotatable bonds is 3.